The maximum absolute atomic E-state index is 11.0. The fourth-order valence-electron chi connectivity index (χ4n) is 1.61. The van der Waals surface area contributed by atoms with E-state index in [1.54, 1.807) is 12.4 Å². The van der Waals surface area contributed by atoms with Gasteiger partial charge in [0.25, 0.3) is 0 Å². The average Bonchev–Trinajstić information content (AvgIpc) is 2.46. The third kappa shape index (κ3) is 3.94. The number of aromatic nitrogens is 1. The number of nitrogens with zero attached hydrogens (tertiary/aromatic N) is 2. The van der Waals surface area contributed by atoms with E-state index in [1.807, 2.05) is 36.4 Å². The molecule has 1 heterocycles. The first-order valence-electron chi connectivity index (χ1n) is 6.13. The van der Waals surface area contributed by atoms with Crippen LogP contribution in [-0.2, 0) is 11.3 Å². The molecule has 0 bridgehead atoms. The van der Waals surface area contributed by atoms with Crippen LogP contribution in [0.3, 0.4) is 0 Å². The summed E-state index contributed by atoms with van der Waals surface area (Å²) in [5, 5.41) is 10.1. The number of rotatable bonds is 2. The van der Waals surface area contributed by atoms with Crippen molar-refractivity contribution in [2.24, 2.45) is 0 Å². The van der Waals surface area contributed by atoms with Crippen molar-refractivity contribution in [2.45, 2.75) is 13.5 Å². The van der Waals surface area contributed by atoms with Gasteiger partial charge >= 0.3 is 0 Å². The molecule has 20 heavy (non-hydrogen) atoms. The second kappa shape index (κ2) is 6.50. The van der Waals surface area contributed by atoms with E-state index in [0.29, 0.717) is 5.06 Å². The third-order valence-electron chi connectivity index (χ3n) is 2.64. The molecule has 4 heteroatoms. The minimum Gasteiger partial charge on any atom is -0.286 e. The van der Waals surface area contributed by atoms with Gasteiger partial charge < -0.3 is 0 Å². The van der Waals surface area contributed by atoms with Crippen LogP contribution < -0.4 is 0 Å². The predicted octanol–water partition coefficient (Wildman–Crippen LogP) is 2.22. The van der Waals surface area contributed by atoms with Gasteiger partial charge in [0, 0.05) is 30.4 Å². The van der Waals surface area contributed by atoms with Gasteiger partial charge in [0.05, 0.1) is 6.54 Å². The Morgan fingerprint density at radius 1 is 1.25 bits per heavy atom. The van der Waals surface area contributed by atoms with Crippen molar-refractivity contribution in [1.29, 1.82) is 0 Å². The van der Waals surface area contributed by atoms with Gasteiger partial charge in [-0.2, -0.15) is 0 Å². The highest BCUT2D eigenvalue weighted by atomic mass is 16.5. The van der Waals surface area contributed by atoms with Gasteiger partial charge in [-0.05, 0) is 29.8 Å². The first kappa shape index (κ1) is 13.8. The summed E-state index contributed by atoms with van der Waals surface area (Å²) < 4.78 is 0. The molecule has 2 aromatic rings. The third-order valence-corrected chi connectivity index (χ3v) is 2.64. The van der Waals surface area contributed by atoms with Crippen molar-refractivity contribution < 1.29 is 10.0 Å². The number of hydrogen-bond donors (Lipinski definition) is 1. The van der Waals surface area contributed by atoms with Gasteiger partial charge in [0.2, 0.25) is 5.91 Å². The van der Waals surface area contributed by atoms with Crippen LogP contribution >= 0.6 is 0 Å². The molecule has 0 saturated carbocycles. The van der Waals surface area contributed by atoms with E-state index >= 15 is 0 Å². The smallest absolute Gasteiger partial charge is 0.243 e. The van der Waals surface area contributed by atoms with E-state index in [9.17, 15) is 10.0 Å². The van der Waals surface area contributed by atoms with Crippen LogP contribution in [-0.4, -0.2) is 21.2 Å². The lowest BCUT2D eigenvalue weighted by Gasteiger charge is -2.12. The normalized spacial score (nSPS) is 9.50. The number of amides is 1. The van der Waals surface area contributed by atoms with E-state index in [1.165, 1.54) is 6.92 Å². The standard InChI is InChI=1S/C16H14N2O2/c1-13(19)18(20)12-16-5-2-4-14(10-16)7-8-15-6-3-9-17-11-15/h2-6,9-11,20H,12H2,1H3. The number of pyridine rings is 1. The summed E-state index contributed by atoms with van der Waals surface area (Å²) in [5.41, 5.74) is 2.48. The number of benzene rings is 1. The van der Waals surface area contributed by atoms with Crippen molar-refractivity contribution in [3.8, 4) is 11.8 Å². The molecule has 0 aliphatic heterocycles. The van der Waals surface area contributed by atoms with E-state index < -0.39 is 5.91 Å². The molecule has 0 fully saturated rings. The molecule has 0 aliphatic carbocycles. The lowest BCUT2D eigenvalue weighted by atomic mass is 10.1. The first-order chi connectivity index (χ1) is 9.65. The van der Waals surface area contributed by atoms with Crippen LogP contribution in [0.5, 0.6) is 0 Å². The van der Waals surface area contributed by atoms with Crippen molar-refractivity contribution in [3.05, 3.63) is 65.5 Å². The summed E-state index contributed by atoms with van der Waals surface area (Å²) in [7, 11) is 0. The molecular weight excluding hydrogens is 252 g/mol. The Labute approximate surface area is 117 Å². The Hall–Kier alpha value is -2.64. The zero-order valence-corrected chi connectivity index (χ0v) is 11.1. The summed E-state index contributed by atoms with van der Waals surface area (Å²) >= 11 is 0. The molecule has 0 radical (unpaired) electrons. The van der Waals surface area contributed by atoms with Crippen LogP contribution in [0, 0.1) is 11.8 Å². The van der Waals surface area contributed by atoms with Gasteiger partial charge in [0.15, 0.2) is 0 Å². The zero-order valence-electron chi connectivity index (χ0n) is 11.1. The Morgan fingerprint density at radius 3 is 2.70 bits per heavy atom. The van der Waals surface area contributed by atoms with E-state index in [-0.39, 0.29) is 6.54 Å². The maximum Gasteiger partial charge on any atom is 0.243 e. The second-order valence-corrected chi connectivity index (χ2v) is 4.27. The Kier molecular flexibility index (Phi) is 4.48. The molecule has 1 N–H and O–H groups in total. The SMILES string of the molecule is CC(=O)N(O)Cc1cccc(C#Cc2cccnc2)c1. The monoisotopic (exact) mass is 266 g/mol. The van der Waals surface area contributed by atoms with Crippen molar-refractivity contribution in [2.75, 3.05) is 0 Å². The molecule has 100 valence electrons. The summed E-state index contributed by atoms with van der Waals surface area (Å²) in [6.45, 7) is 1.46. The second-order valence-electron chi connectivity index (χ2n) is 4.27. The molecule has 1 amide bonds. The summed E-state index contributed by atoms with van der Waals surface area (Å²) in [6, 6.07) is 11.1. The first-order valence-corrected chi connectivity index (χ1v) is 6.13. The van der Waals surface area contributed by atoms with Gasteiger partial charge in [-0.25, -0.2) is 5.06 Å². The lowest BCUT2D eigenvalue weighted by Crippen LogP contribution is -2.23. The minimum atomic E-state index is -0.392. The van der Waals surface area contributed by atoms with Gasteiger partial charge in [0.1, 0.15) is 0 Å². The van der Waals surface area contributed by atoms with Gasteiger partial charge in [-0.1, -0.05) is 24.0 Å². The molecule has 1 aromatic heterocycles. The number of hydrogen-bond acceptors (Lipinski definition) is 3. The quantitative estimate of drug-likeness (QED) is 0.515. The Balaban J connectivity index is 2.15. The van der Waals surface area contributed by atoms with Crippen molar-refractivity contribution >= 4 is 5.91 Å². The van der Waals surface area contributed by atoms with E-state index in [0.717, 1.165) is 16.7 Å². The predicted molar refractivity (Wildman–Crippen MR) is 74.7 cm³/mol. The Morgan fingerprint density at radius 2 is 2.00 bits per heavy atom. The highest BCUT2D eigenvalue weighted by molar-refractivity contribution is 5.71. The Bertz CT molecular complexity index is 657. The van der Waals surface area contributed by atoms with Crippen LogP contribution in [0.25, 0.3) is 0 Å². The van der Waals surface area contributed by atoms with E-state index in [2.05, 4.69) is 16.8 Å². The van der Waals surface area contributed by atoms with Crippen molar-refractivity contribution in [1.82, 2.24) is 10.0 Å². The molecule has 0 atom stereocenters. The van der Waals surface area contributed by atoms with Crippen LogP contribution in [0.1, 0.15) is 23.6 Å². The molecule has 0 unspecified atom stereocenters. The topological polar surface area (TPSA) is 53.4 Å². The largest absolute Gasteiger partial charge is 0.286 e. The maximum atomic E-state index is 11.0. The molecule has 4 nitrogen and oxygen atoms in total. The van der Waals surface area contributed by atoms with Crippen molar-refractivity contribution in [3.63, 3.8) is 0 Å². The van der Waals surface area contributed by atoms with Crippen LogP contribution in [0.2, 0.25) is 0 Å². The molecule has 0 aliphatic rings. The van der Waals surface area contributed by atoms with Crippen LogP contribution in [0.15, 0.2) is 48.8 Å². The zero-order chi connectivity index (χ0) is 14.4. The number of carbonyl (C=O) groups is 1. The average molecular weight is 266 g/mol. The molecular formula is C16H14N2O2. The number of hydroxylamine groups is 2. The van der Waals surface area contributed by atoms with Gasteiger partial charge in [-0.3, -0.25) is 15.0 Å². The highest BCUT2D eigenvalue weighted by Crippen LogP contribution is 2.07. The fraction of sp³-hybridized carbons (Fsp3) is 0.125. The van der Waals surface area contributed by atoms with Crippen LogP contribution in [0.4, 0.5) is 0 Å². The molecule has 1 aromatic carbocycles. The fourth-order valence-corrected chi connectivity index (χ4v) is 1.61. The lowest BCUT2D eigenvalue weighted by molar-refractivity contribution is -0.165. The summed E-state index contributed by atoms with van der Waals surface area (Å²) in [4.78, 5) is 15.0. The molecule has 0 saturated heterocycles. The molecule has 2 rings (SSSR count). The summed E-state index contributed by atoms with van der Waals surface area (Å²) in [5.74, 6) is 5.65. The minimum absolute atomic E-state index is 0.151. The molecule has 0 spiro atoms. The summed E-state index contributed by atoms with van der Waals surface area (Å²) in [6.07, 6.45) is 3.39. The number of carbonyl (C=O) groups excluding carboxylic acids is 1. The van der Waals surface area contributed by atoms with Gasteiger partial charge in [-0.15, -0.1) is 0 Å². The van der Waals surface area contributed by atoms with E-state index in [4.69, 9.17) is 0 Å². The highest BCUT2D eigenvalue weighted by Gasteiger charge is 2.05.